The van der Waals surface area contributed by atoms with Gasteiger partial charge < -0.3 is 4.90 Å². The topological polar surface area (TPSA) is 3.24 Å². The number of hydrogen-bond donors (Lipinski definition) is 0. The summed E-state index contributed by atoms with van der Waals surface area (Å²) in [7, 11) is 0. The fourth-order valence-electron chi connectivity index (χ4n) is 8.33. The van der Waals surface area contributed by atoms with Crippen LogP contribution in [-0.4, -0.2) is 6.54 Å². The molecule has 0 aliphatic heterocycles. The summed E-state index contributed by atoms with van der Waals surface area (Å²) in [5.74, 6) is 0. The highest BCUT2D eigenvalue weighted by molar-refractivity contribution is 5.80. The number of rotatable bonds is 16. The Morgan fingerprint density at radius 2 is 1.23 bits per heavy atom. The van der Waals surface area contributed by atoms with Gasteiger partial charge in [-0.1, -0.05) is 222 Å². The van der Waals surface area contributed by atoms with E-state index in [4.69, 9.17) is 0 Å². The zero-order valence-corrected chi connectivity index (χ0v) is 39.4. The van der Waals surface area contributed by atoms with E-state index in [-0.39, 0.29) is 10.8 Å². The first kappa shape index (κ1) is 48.5. The molecule has 5 rings (SSSR count). The molecular weight excluding hydrogens is 747 g/mol. The van der Waals surface area contributed by atoms with Gasteiger partial charge in [-0.3, -0.25) is 0 Å². The summed E-state index contributed by atoms with van der Waals surface area (Å²) in [6, 6.07) is 39.1. The molecule has 1 nitrogen and oxygen atoms in total. The van der Waals surface area contributed by atoms with Crippen LogP contribution in [0.5, 0.6) is 0 Å². The second-order valence-electron chi connectivity index (χ2n) is 16.9. The van der Waals surface area contributed by atoms with E-state index in [2.05, 4.69) is 263 Å². The zero-order chi connectivity index (χ0) is 45.1. The van der Waals surface area contributed by atoms with Gasteiger partial charge in [0.1, 0.15) is 0 Å². The van der Waals surface area contributed by atoms with Crippen LogP contribution in [0.2, 0.25) is 0 Å². The van der Waals surface area contributed by atoms with E-state index in [1.54, 1.807) is 12.2 Å². The molecule has 4 aromatic carbocycles. The van der Waals surface area contributed by atoms with Gasteiger partial charge in [0.05, 0.1) is 0 Å². The molecule has 0 fully saturated rings. The third-order valence-corrected chi connectivity index (χ3v) is 11.7. The Kier molecular flexibility index (Phi) is 18.5. The summed E-state index contributed by atoms with van der Waals surface area (Å²) in [6.07, 6.45) is 30.4. The van der Waals surface area contributed by atoms with Crippen LogP contribution in [0.4, 0.5) is 11.4 Å². The molecule has 4 aromatic rings. The van der Waals surface area contributed by atoms with Crippen LogP contribution in [0.3, 0.4) is 0 Å². The highest BCUT2D eigenvalue weighted by Gasteiger charge is 2.40. The Hall–Kier alpha value is -6.18. The molecular formula is C61H71N. The number of anilines is 2. The van der Waals surface area contributed by atoms with E-state index in [0.29, 0.717) is 0 Å². The third-order valence-electron chi connectivity index (χ3n) is 11.7. The highest BCUT2D eigenvalue weighted by Crippen LogP contribution is 2.53. The Bertz CT molecular complexity index is 2330. The van der Waals surface area contributed by atoms with E-state index in [9.17, 15) is 0 Å². The van der Waals surface area contributed by atoms with Crippen molar-refractivity contribution in [3.05, 3.63) is 246 Å². The second kappa shape index (κ2) is 23.7. The third kappa shape index (κ3) is 12.5. The molecule has 62 heavy (non-hydrogen) atoms. The number of para-hydroxylation sites is 2. The Labute approximate surface area is 376 Å². The maximum atomic E-state index is 3.36. The van der Waals surface area contributed by atoms with Gasteiger partial charge in [-0.05, 0) is 128 Å². The minimum atomic E-state index is -0.0156. The van der Waals surface area contributed by atoms with Crippen LogP contribution in [0.15, 0.2) is 235 Å². The van der Waals surface area contributed by atoms with Gasteiger partial charge in [-0.2, -0.15) is 0 Å². The van der Waals surface area contributed by atoms with E-state index < -0.39 is 0 Å². The summed E-state index contributed by atoms with van der Waals surface area (Å²) >= 11 is 0. The number of nitrogens with zero attached hydrogens (tertiary/aromatic N) is 1. The quantitative estimate of drug-likeness (QED) is 0.102. The zero-order valence-electron chi connectivity index (χ0n) is 39.4. The van der Waals surface area contributed by atoms with Gasteiger partial charge >= 0.3 is 0 Å². The van der Waals surface area contributed by atoms with Gasteiger partial charge in [0, 0.05) is 23.3 Å². The molecule has 0 spiro atoms. The average Bonchev–Trinajstić information content (AvgIpc) is 3.50. The summed E-state index contributed by atoms with van der Waals surface area (Å²) in [5.41, 5.74) is 16.7. The monoisotopic (exact) mass is 818 g/mol. The Morgan fingerprint density at radius 3 is 1.74 bits per heavy atom. The SMILES string of the molecule is C/C=C\C1=C(/C=C(C)/C=C/C(C)=C/C=C(\C=C/C)c2ccc(C(C)(C)C)c(-c3ccccc3)c2)C(CC)(CC)C(C)=C1/C=C\CN(c1ccccc1)c1ccccc1.C=CC=C. The van der Waals surface area contributed by atoms with Crippen molar-refractivity contribution in [1.82, 2.24) is 0 Å². The van der Waals surface area contributed by atoms with Gasteiger partial charge in [0.2, 0.25) is 0 Å². The molecule has 0 saturated heterocycles. The van der Waals surface area contributed by atoms with Crippen LogP contribution in [0.25, 0.3) is 16.7 Å². The molecule has 0 atom stereocenters. The van der Waals surface area contributed by atoms with E-state index >= 15 is 0 Å². The molecule has 0 N–H and O–H groups in total. The second-order valence-corrected chi connectivity index (χ2v) is 16.9. The summed E-state index contributed by atoms with van der Waals surface area (Å²) < 4.78 is 0. The van der Waals surface area contributed by atoms with Gasteiger partial charge in [0.15, 0.2) is 0 Å². The summed E-state index contributed by atoms with van der Waals surface area (Å²) in [6.45, 7) is 30.1. The van der Waals surface area contributed by atoms with Crippen LogP contribution in [0.1, 0.15) is 93.2 Å². The van der Waals surface area contributed by atoms with E-state index in [1.165, 1.54) is 72.6 Å². The smallest absolute Gasteiger partial charge is 0.0415 e. The van der Waals surface area contributed by atoms with Crippen LogP contribution >= 0.6 is 0 Å². The first-order chi connectivity index (χ1) is 29.9. The maximum Gasteiger partial charge on any atom is 0.0415 e. The van der Waals surface area contributed by atoms with E-state index in [0.717, 1.165) is 19.4 Å². The lowest BCUT2D eigenvalue weighted by molar-refractivity contribution is 0.412. The summed E-state index contributed by atoms with van der Waals surface area (Å²) in [5, 5.41) is 0. The van der Waals surface area contributed by atoms with Crippen molar-refractivity contribution in [1.29, 1.82) is 0 Å². The normalized spacial score (nSPS) is 15.0. The molecule has 1 aliphatic carbocycles. The van der Waals surface area contributed by atoms with Crippen molar-refractivity contribution in [3.8, 4) is 11.1 Å². The Balaban J connectivity index is 0.00000202. The predicted molar refractivity (Wildman–Crippen MR) is 277 cm³/mol. The first-order valence-electron chi connectivity index (χ1n) is 22.3. The fraction of sp³-hybridized carbons (Fsp3) is 0.246. The minimum absolute atomic E-state index is 0.0156. The summed E-state index contributed by atoms with van der Waals surface area (Å²) in [4.78, 5) is 2.38. The molecule has 1 aliphatic rings. The number of hydrogen-bond acceptors (Lipinski definition) is 1. The molecule has 0 bridgehead atoms. The van der Waals surface area contributed by atoms with Gasteiger partial charge in [0.25, 0.3) is 0 Å². The lowest BCUT2D eigenvalue weighted by Crippen LogP contribution is -2.20. The lowest BCUT2D eigenvalue weighted by atomic mass is 9.72. The number of benzene rings is 4. The van der Waals surface area contributed by atoms with Crippen LogP contribution in [-0.2, 0) is 5.41 Å². The van der Waals surface area contributed by atoms with Crippen molar-refractivity contribution >= 4 is 16.9 Å². The van der Waals surface area contributed by atoms with E-state index in [1.807, 2.05) is 0 Å². The molecule has 0 unspecified atom stereocenters. The molecule has 0 amide bonds. The number of allylic oxidation sites excluding steroid dienone is 19. The van der Waals surface area contributed by atoms with Crippen molar-refractivity contribution in [2.45, 2.75) is 87.5 Å². The minimum Gasteiger partial charge on any atom is -0.338 e. The fourth-order valence-corrected chi connectivity index (χ4v) is 8.33. The largest absolute Gasteiger partial charge is 0.338 e. The van der Waals surface area contributed by atoms with Crippen molar-refractivity contribution in [2.75, 3.05) is 11.4 Å². The molecule has 0 aromatic heterocycles. The van der Waals surface area contributed by atoms with Crippen molar-refractivity contribution in [3.63, 3.8) is 0 Å². The lowest BCUT2D eigenvalue weighted by Gasteiger charge is -2.32. The van der Waals surface area contributed by atoms with Gasteiger partial charge in [-0.15, -0.1) is 0 Å². The standard InChI is InChI=1S/C57H65N.C4H6/c1-11-25-46(48-38-39-54(56(8,9)10)53(42-48)47-27-18-15-19-28-47)37-36-43(5)34-35-44(6)41-55-52(26-12-2)51(45(7)57(55,13-3)14-4)33-24-40-58(49-29-20-16-21-30-49)50-31-22-17-23-32-50;1-3-4-2/h11-12,15-39,41-42H,13-14,40H2,1-10H3;3-4H,1-2H2/b25-11-,26-12-,33-24-,35-34+,43-36+,44-41+,46-37+;. The molecule has 320 valence electrons. The maximum absolute atomic E-state index is 3.36. The van der Waals surface area contributed by atoms with Crippen LogP contribution in [0, 0.1) is 5.41 Å². The van der Waals surface area contributed by atoms with Crippen molar-refractivity contribution in [2.24, 2.45) is 5.41 Å². The van der Waals surface area contributed by atoms with Gasteiger partial charge in [-0.25, -0.2) is 0 Å². The average molecular weight is 818 g/mol. The molecule has 0 saturated carbocycles. The Morgan fingerprint density at radius 1 is 0.661 bits per heavy atom. The molecule has 0 radical (unpaired) electrons. The molecule has 0 heterocycles. The first-order valence-corrected chi connectivity index (χ1v) is 22.3. The van der Waals surface area contributed by atoms with Crippen molar-refractivity contribution < 1.29 is 0 Å². The molecule has 1 heteroatoms. The predicted octanol–water partition coefficient (Wildman–Crippen LogP) is 17.8. The van der Waals surface area contributed by atoms with Crippen LogP contribution < -0.4 is 4.90 Å². The highest BCUT2D eigenvalue weighted by atomic mass is 15.1.